The van der Waals surface area contributed by atoms with E-state index in [-0.39, 0.29) is 6.29 Å². The number of aryl methyl sites for hydroxylation is 1. The zero-order chi connectivity index (χ0) is 14.4. The molecule has 2 saturated heterocycles. The van der Waals surface area contributed by atoms with Gasteiger partial charge in [-0.25, -0.2) is 5.06 Å². The molecule has 5 heteroatoms. The molecule has 1 unspecified atom stereocenters. The summed E-state index contributed by atoms with van der Waals surface area (Å²) in [4.78, 5) is 9.18. The van der Waals surface area contributed by atoms with E-state index in [1.165, 1.54) is 16.3 Å². The molecule has 2 bridgehead atoms. The van der Waals surface area contributed by atoms with Gasteiger partial charge in [0.2, 0.25) is 6.29 Å². The average Bonchev–Trinajstić information content (AvgIpc) is 3.09. The molecule has 1 aromatic carbocycles. The van der Waals surface area contributed by atoms with Gasteiger partial charge in [0.05, 0.1) is 0 Å². The van der Waals surface area contributed by atoms with E-state index >= 15 is 0 Å². The van der Waals surface area contributed by atoms with E-state index in [9.17, 15) is 5.21 Å². The Morgan fingerprint density at radius 1 is 1.14 bits per heavy atom. The van der Waals surface area contributed by atoms with Crippen LogP contribution in [0, 0.1) is 6.92 Å². The third-order valence-corrected chi connectivity index (χ3v) is 4.73. The fraction of sp³-hybridized carbons (Fsp3) is 0.438. The number of anilines is 1. The summed E-state index contributed by atoms with van der Waals surface area (Å²) in [5, 5.41) is 11.2. The minimum absolute atomic E-state index is 0.259. The Kier molecular flexibility index (Phi) is 2.97. The molecule has 3 aliphatic heterocycles. The van der Waals surface area contributed by atoms with E-state index in [0.717, 1.165) is 19.5 Å². The lowest BCUT2D eigenvalue weighted by Gasteiger charge is -2.40. The second-order valence-corrected chi connectivity index (χ2v) is 6.09. The third kappa shape index (κ3) is 2.13. The molecule has 0 amide bonds. The van der Waals surface area contributed by atoms with E-state index in [4.69, 9.17) is 0 Å². The molecule has 1 N–H and O–H groups in total. The van der Waals surface area contributed by atoms with Gasteiger partial charge in [0, 0.05) is 43.3 Å². The number of nitrogens with zero attached hydrogens (tertiary/aromatic N) is 4. The van der Waals surface area contributed by atoms with Gasteiger partial charge in [-0.3, -0.25) is 15.1 Å². The number of hydroxylamine groups is 2. The summed E-state index contributed by atoms with van der Waals surface area (Å²) in [6.07, 6.45) is 6.08. The molecule has 21 heavy (non-hydrogen) atoms. The van der Waals surface area contributed by atoms with Gasteiger partial charge < -0.3 is 4.90 Å². The van der Waals surface area contributed by atoms with Crippen molar-refractivity contribution < 1.29 is 5.21 Å². The number of allylic oxidation sites excluding steroid dienone is 1. The Hall–Kier alpha value is -1.85. The molecule has 0 aromatic heterocycles. The highest BCUT2D eigenvalue weighted by atomic mass is 16.5. The first kappa shape index (κ1) is 12.9. The lowest BCUT2D eigenvalue weighted by atomic mass is 10.2. The van der Waals surface area contributed by atoms with Gasteiger partial charge in [-0.1, -0.05) is 17.7 Å². The van der Waals surface area contributed by atoms with E-state index in [0.29, 0.717) is 12.1 Å². The molecule has 3 heterocycles. The Labute approximate surface area is 124 Å². The fourth-order valence-electron chi connectivity index (χ4n) is 3.67. The summed E-state index contributed by atoms with van der Waals surface area (Å²) < 4.78 is 0. The number of likely N-dealkylation sites (tertiary alicyclic amines) is 1. The first-order valence-corrected chi connectivity index (χ1v) is 7.48. The fourth-order valence-corrected chi connectivity index (χ4v) is 3.67. The van der Waals surface area contributed by atoms with Crippen LogP contribution in [0.2, 0.25) is 0 Å². The number of aliphatic imine (C=N–C) groups is 1. The van der Waals surface area contributed by atoms with Crippen LogP contribution in [-0.4, -0.2) is 52.8 Å². The van der Waals surface area contributed by atoms with Crippen LogP contribution in [-0.2, 0) is 0 Å². The van der Waals surface area contributed by atoms with E-state index in [1.54, 1.807) is 18.5 Å². The van der Waals surface area contributed by atoms with Crippen molar-refractivity contribution in [3.63, 3.8) is 0 Å². The molecular formula is C16H20N4O. The largest absolute Gasteiger partial charge is 0.366 e. The molecule has 0 saturated carbocycles. The molecule has 0 aliphatic carbocycles. The van der Waals surface area contributed by atoms with E-state index in [2.05, 4.69) is 46.0 Å². The van der Waals surface area contributed by atoms with Crippen molar-refractivity contribution in [1.29, 1.82) is 0 Å². The first-order chi connectivity index (χ1) is 10.2. The minimum Gasteiger partial charge on any atom is -0.366 e. The smallest absolute Gasteiger partial charge is 0.201 e. The van der Waals surface area contributed by atoms with Gasteiger partial charge in [-0.15, -0.1) is 0 Å². The maximum atomic E-state index is 9.95. The van der Waals surface area contributed by atoms with Crippen molar-refractivity contribution in [3.05, 3.63) is 42.1 Å². The van der Waals surface area contributed by atoms with Crippen LogP contribution >= 0.6 is 0 Å². The van der Waals surface area contributed by atoms with Crippen LogP contribution in [0.1, 0.15) is 12.0 Å². The highest BCUT2D eigenvalue weighted by Gasteiger charge is 2.46. The third-order valence-electron chi connectivity index (χ3n) is 4.73. The zero-order valence-corrected chi connectivity index (χ0v) is 12.1. The Balaban J connectivity index is 1.49. The molecule has 110 valence electrons. The quantitative estimate of drug-likeness (QED) is 0.900. The Morgan fingerprint density at radius 3 is 2.62 bits per heavy atom. The van der Waals surface area contributed by atoms with Crippen molar-refractivity contribution in [2.75, 3.05) is 18.0 Å². The zero-order valence-electron chi connectivity index (χ0n) is 12.1. The molecule has 3 aliphatic rings. The number of piperazine rings is 1. The molecule has 2 fully saturated rings. The van der Waals surface area contributed by atoms with Gasteiger partial charge in [0.1, 0.15) is 0 Å². The van der Waals surface area contributed by atoms with Crippen LogP contribution in [0.15, 0.2) is 41.5 Å². The average molecular weight is 284 g/mol. The SMILES string of the molecule is Cc1ccc(N2C[C@@H]3C[C@H]2CN3C2N=CC=CN2O)cc1. The van der Waals surface area contributed by atoms with Gasteiger partial charge in [0.25, 0.3) is 0 Å². The number of rotatable bonds is 2. The number of fused-ring (bicyclic) bond motifs is 2. The Bertz CT molecular complexity index is 582. The maximum Gasteiger partial charge on any atom is 0.201 e. The van der Waals surface area contributed by atoms with Crippen molar-refractivity contribution in [2.45, 2.75) is 31.7 Å². The predicted molar refractivity (Wildman–Crippen MR) is 82.5 cm³/mol. The second kappa shape index (κ2) is 4.86. The van der Waals surface area contributed by atoms with Crippen LogP contribution in [0.3, 0.4) is 0 Å². The number of hydrogen-bond acceptors (Lipinski definition) is 5. The predicted octanol–water partition coefficient (Wildman–Crippen LogP) is 1.83. The monoisotopic (exact) mass is 284 g/mol. The van der Waals surface area contributed by atoms with Crippen LogP contribution in [0.5, 0.6) is 0 Å². The van der Waals surface area contributed by atoms with Gasteiger partial charge in [0.15, 0.2) is 0 Å². The van der Waals surface area contributed by atoms with Gasteiger partial charge >= 0.3 is 0 Å². The topological polar surface area (TPSA) is 42.3 Å². The molecule has 4 rings (SSSR count). The van der Waals surface area contributed by atoms with Crippen molar-refractivity contribution in [1.82, 2.24) is 9.96 Å². The van der Waals surface area contributed by atoms with E-state index in [1.807, 2.05) is 0 Å². The molecule has 0 radical (unpaired) electrons. The normalized spacial score (nSPS) is 31.4. The molecule has 0 spiro atoms. The minimum atomic E-state index is -0.259. The molecule has 5 nitrogen and oxygen atoms in total. The lowest BCUT2D eigenvalue weighted by molar-refractivity contribution is -0.134. The summed E-state index contributed by atoms with van der Waals surface area (Å²) in [6, 6.07) is 9.74. The van der Waals surface area contributed by atoms with E-state index < -0.39 is 0 Å². The Morgan fingerprint density at radius 2 is 1.95 bits per heavy atom. The molecular weight excluding hydrogens is 264 g/mol. The highest BCUT2D eigenvalue weighted by molar-refractivity contribution is 5.71. The highest BCUT2D eigenvalue weighted by Crippen LogP contribution is 2.36. The first-order valence-electron chi connectivity index (χ1n) is 7.48. The van der Waals surface area contributed by atoms with Crippen molar-refractivity contribution >= 4 is 11.9 Å². The standard InChI is InChI=1S/C16H20N4O/c1-12-3-5-13(6-4-12)18-10-15-9-14(18)11-19(15)16-17-7-2-8-20(16)21/h2-8,14-16,21H,9-11H2,1H3/t14-,15-,16?/m0/s1. The van der Waals surface area contributed by atoms with Gasteiger partial charge in [-0.2, -0.15) is 0 Å². The molecule has 3 atom stereocenters. The summed E-state index contributed by atoms with van der Waals surface area (Å²) >= 11 is 0. The lowest BCUT2D eigenvalue weighted by Crippen LogP contribution is -2.54. The number of benzene rings is 1. The summed E-state index contributed by atoms with van der Waals surface area (Å²) in [5.74, 6) is 0. The maximum absolute atomic E-state index is 9.95. The van der Waals surface area contributed by atoms with Crippen LogP contribution in [0.4, 0.5) is 5.69 Å². The summed E-state index contributed by atoms with van der Waals surface area (Å²) in [7, 11) is 0. The number of hydrogen-bond donors (Lipinski definition) is 1. The van der Waals surface area contributed by atoms with Crippen LogP contribution in [0.25, 0.3) is 0 Å². The van der Waals surface area contributed by atoms with Crippen molar-refractivity contribution in [3.8, 4) is 0 Å². The summed E-state index contributed by atoms with van der Waals surface area (Å²) in [5.41, 5.74) is 2.60. The molecule has 1 aromatic rings. The van der Waals surface area contributed by atoms with Crippen molar-refractivity contribution in [2.24, 2.45) is 4.99 Å². The van der Waals surface area contributed by atoms with Crippen LogP contribution < -0.4 is 4.90 Å². The summed E-state index contributed by atoms with van der Waals surface area (Å²) in [6.45, 7) is 4.08. The second-order valence-electron chi connectivity index (χ2n) is 6.09. The van der Waals surface area contributed by atoms with Gasteiger partial charge in [-0.05, 0) is 31.6 Å².